The van der Waals surface area contributed by atoms with Gasteiger partial charge in [-0.1, -0.05) is 19.0 Å². The molecule has 3 rings (SSSR count). The topological polar surface area (TPSA) is 85.2 Å². The van der Waals surface area contributed by atoms with Crippen LogP contribution >= 0.6 is 12.4 Å². The lowest BCUT2D eigenvalue weighted by Crippen LogP contribution is -2.35. The third-order valence-electron chi connectivity index (χ3n) is 4.61. The van der Waals surface area contributed by atoms with Gasteiger partial charge >= 0.3 is 0 Å². The lowest BCUT2D eigenvalue weighted by atomic mass is 10.1. The smallest absolute Gasteiger partial charge is 0.229 e. The molecule has 1 aromatic heterocycles. The summed E-state index contributed by atoms with van der Waals surface area (Å²) in [6.07, 6.45) is 4.59. The highest BCUT2D eigenvalue weighted by Crippen LogP contribution is 2.35. The van der Waals surface area contributed by atoms with Gasteiger partial charge in [-0.15, -0.1) is 12.4 Å². The summed E-state index contributed by atoms with van der Waals surface area (Å²) in [5.74, 6) is 1.82. The van der Waals surface area contributed by atoms with Crippen molar-refractivity contribution in [3.63, 3.8) is 0 Å². The van der Waals surface area contributed by atoms with Gasteiger partial charge in [0.2, 0.25) is 11.8 Å². The van der Waals surface area contributed by atoms with Crippen molar-refractivity contribution in [2.24, 2.45) is 11.7 Å². The van der Waals surface area contributed by atoms with Crippen LogP contribution in [0.15, 0.2) is 4.52 Å². The van der Waals surface area contributed by atoms with E-state index < -0.39 is 0 Å². The largest absolute Gasteiger partial charge is 0.339 e. The van der Waals surface area contributed by atoms with Crippen LogP contribution in [-0.2, 0) is 4.79 Å². The van der Waals surface area contributed by atoms with E-state index in [1.54, 1.807) is 0 Å². The molecule has 3 unspecified atom stereocenters. The zero-order valence-corrected chi connectivity index (χ0v) is 14.0. The summed E-state index contributed by atoms with van der Waals surface area (Å²) < 4.78 is 5.29. The second kappa shape index (κ2) is 6.96. The molecule has 0 aromatic carbocycles. The van der Waals surface area contributed by atoms with Crippen molar-refractivity contribution in [2.75, 3.05) is 6.54 Å². The number of aromatic nitrogens is 2. The van der Waals surface area contributed by atoms with Crippen molar-refractivity contribution in [1.82, 2.24) is 15.0 Å². The number of carbonyl (C=O) groups excluding carboxylic acids is 1. The van der Waals surface area contributed by atoms with E-state index in [2.05, 4.69) is 10.1 Å². The van der Waals surface area contributed by atoms with Gasteiger partial charge < -0.3 is 15.2 Å². The van der Waals surface area contributed by atoms with E-state index in [0.29, 0.717) is 11.7 Å². The number of amides is 1. The number of halogens is 1. The molecule has 22 heavy (non-hydrogen) atoms. The van der Waals surface area contributed by atoms with Gasteiger partial charge in [-0.2, -0.15) is 4.98 Å². The number of hydrogen-bond acceptors (Lipinski definition) is 5. The predicted octanol–water partition coefficient (Wildman–Crippen LogP) is 2.41. The van der Waals surface area contributed by atoms with Crippen LogP contribution in [0.1, 0.15) is 69.6 Å². The number of carbonyl (C=O) groups is 1. The SMILES string of the molecule is CC(C)c1nc(C2CCCN2C(=O)C2CCC(N)C2)no1.Cl. The van der Waals surface area contributed by atoms with Crippen molar-refractivity contribution < 1.29 is 9.32 Å². The highest BCUT2D eigenvalue weighted by Gasteiger charge is 2.38. The Morgan fingerprint density at radius 1 is 1.36 bits per heavy atom. The first-order chi connectivity index (χ1) is 10.1. The summed E-state index contributed by atoms with van der Waals surface area (Å²) in [6, 6.07) is 0.156. The molecule has 0 radical (unpaired) electrons. The second-order valence-electron chi connectivity index (χ2n) is 6.61. The van der Waals surface area contributed by atoms with E-state index in [1.165, 1.54) is 0 Å². The van der Waals surface area contributed by atoms with Crippen molar-refractivity contribution in [3.05, 3.63) is 11.7 Å². The Kier molecular flexibility index (Phi) is 5.45. The van der Waals surface area contributed by atoms with Gasteiger partial charge in [0.25, 0.3) is 0 Å². The first-order valence-electron chi connectivity index (χ1n) is 7.95. The quantitative estimate of drug-likeness (QED) is 0.920. The molecule has 7 heteroatoms. The van der Waals surface area contributed by atoms with E-state index in [0.717, 1.165) is 38.6 Å². The molecule has 1 aromatic rings. The highest BCUT2D eigenvalue weighted by molar-refractivity contribution is 5.85. The third-order valence-corrected chi connectivity index (χ3v) is 4.61. The monoisotopic (exact) mass is 328 g/mol. The number of likely N-dealkylation sites (tertiary alicyclic amines) is 1. The molecular weight excluding hydrogens is 304 g/mol. The minimum Gasteiger partial charge on any atom is -0.339 e. The van der Waals surface area contributed by atoms with Gasteiger partial charge in [0.15, 0.2) is 5.82 Å². The molecule has 2 fully saturated rings. The first kappa shape index (κ1) is 17.2. The van der Waals surface area contributed by atoms with Crippen LogP contribution in [0.25, 0.3) is 0 Å². The molecule has 3 atom stereocenters. The van der Waals surface area contributed by atoms with Crippen molar-refractivity contribution in [2.45, 2.75) is 64.0 Å². The zero-order valence-electron chi connectivity index (χ0n) is 13.2. The van der Waals surface area contributed by atoms with Crippen LogP contribution < -0.4 is 5.73 Å². The van der Waals surface area contributed by atoms with Crippen LogP contribution in [0, 0.1) is 5.92 Å². The Bertz CT molecular complexity index is 519. The fourth-order valence-corrected chi connectivity index (χ4v) is 3.39. The molecule has 2 aliphatic rings. The number of nitrogens with zero attached hydrogens (tertiary/aromatic N) is 3. The van der Waals surface area contributed by atoms with Gasteiger partial charge in [-0.05, 0) is 32.1 Å². The molecule has 1 amide bonds. The summed E-state index contributed by atoms with van der Waals surface area (Å²) in [5.41, 5.74) is 5.93. The fourth-order valence-electron chi connectivity index (χ4n) is 3.39. The second-order valence-corrected chi connectivity index (χ2v) is 6.61. The van der Waals surface area contributed by atoms with Crippen LogP contribution in [0.4, 0.5) is 0 Å². The average Bonchev–Trinajstić information content (AvgIpc) is 3.17. The summed E-state index contributed by atoms with van der Waals surface area (Å²) in [7, 11) is 0. The minimum atomic E-state index is -0.0226. The van der Waals surface area contributed by atoms with E-state index in [-0.39, 0.29) is 42.2 Å². The van der Waals surface area contributed by atoms with E-state index in [1.807, 2.05) is 18.7 Å². The molecular formula is C15H25ClN4O2. The molecule has 1 aliphatic carbocycles. The average molecular weight is 329 g/mol. The molecule has 1 saturated heterocycles. The molecule has 2 heterocycles. The molecule has 1 aliphatic heterocycles. The lowest BCUT2D eigenvalue weighted by molar-refractivity contribution is -0.136. The van der Waals surface area contributed by atoms with Gasteiger partial charge in [0.05, 0.1) is 6.04 Å². The molecule has 1 saturated carbocycles. The molecule has 2 N–H and O–H groups in total. The normalized spacial score (nSPS) is 28.2. The van der Waals surface area contributed by atoms with Crippen LogP contribution in [0.5, 0.6) is 0 Å². The van der Waals surface area contributed by atoms with E-state index in [9.17, 15) is 4.79 Å². The third kappa shape index (κ3) is 3.27. The summed E-state index contributed by atoms with van der Waals surface area (Å²) in [6.45, 7) is 4.84. The molecule has 0 spiro atoms. The molecule has 124 valence electrons. The maximum absolute atomic E-state index is 12.7. The van der Waals surface area contributed by atoms with Crippen molar-refractivity contribution in [1.29, 1.82) is 0 Å². The standard InChI is InChI=1S/C15H24N4O2.ClH/c1-9(2)14-17-13(18-21-14)12-4-3-7-19(12)15(20)10-5-6-11(16)8-10;/h9-12H,3-8,16H2,1-2H3;1H. The first-order valence-corrected chi connectivity index (χ1v) is 7.95. The van der Waals surface area contributed by atoms with Gasteiger partial charge in [0, 0.05) is 24.4 Å². The maximum Gasteiger partial charge on any atom is 0.229 e. The Labute approximate surface area is 137 Å². The Morgan fingerprint density at radius 3 is 2.73 bits per heavy atom. The Morgan fingerprint density at radius 2 is 2.14 bits per heavy atom. The Hall–Kier alpha value is -1.14. The van der Waals surface area contributed by atoms with Crippen molar-refractivity contribution >= 4 is 18.3 Å². The minimum absolute atomic E-state index is 0. The number of rotatable bonds is 3. The van der Waals surface area contributed by atoms with Gasteiger partial charge in [-0.25, -0.2) is 0 Å². The van der Waals surface area contributed by atoms with E-state index >= 15 is 0 Å². The maximum atomic E-state index is 12.7. The summed E-state index contributed by atoms with van der Waals surface area (Å²) >= 11 is 0. The van der Waals surface area contributed by atoms with Crippen LogP contribution in [0.3, 0.4) is 0 Å². The van der Waals surface area contributed by atoms with Gasteiger partial charge in [-0.3, -0.25) is 4.79 Å². The molecule has 0 bridgehead atoms. The van der Waals surface area contributed by atoms with Crippen molar-refractivity contribution in [3.8, 4) is 0 Å². The van der Waals surface area contributed by atoms with Crippen LogP contribution in [0.2, 0.25) is 0 Å². The fraction of sp³-hybridized carbons (Fsp3) is 0.800. The zero-order chi connectivity index (χ0) is 15.0. The van der Waals surface area contributed by atoms with Crippen LogP contribution in [-0.4, -0.2) is 33.5 Å². The number of hydrogen-bond donors (Lipinski definition) is 1. The molecule has 6 nitrogen and oxygen atoms in total. The Balaban J connectivity index is 0.00000176. The van der Waals surface area contributed by atoms with Gasteiger partial charge in [0.1, 0.15) is 0 Å². The summed E-state index contributed by atoms with van der Waals surface area (Å²) in [4.78, 5) is 19.1. The predicted molar refractivity (Wildman–Crippen MR) is 84.6 cm³/mol. The van der Waals surface area contributed by atoms with E-state index in [4.69, 9.17) is 10.3 Å². The number of nitrogens with two attached hydrogens (primary N) is 1. The lowest BCUT2D eigenvalue weighted by Gasteiger charge is -2.25. The highest BCUT2D eigenvalue weighted by atomic mass is 35.5. The summed E-state index contributed by atoms with van der Waals surface area (Å²) in [5, 5.41) is 4.09.